The average molecular weight is 248 g/mol. The Hall–Kier alpha value is -1.72. The monoisotopic (exact) mass is 248 g/mol. The van der Waals surface area contributed by atoms with Crippen LogP contribution in [0.3, 0.4) is 0 Å². The molecule has 1 unspecified atom stereocenters. The maximum absolute atomic E-state index is 4.20. The summed E-state index contributed by atoms with van der Waals surface area (Å²) in [7, 11) is 0. The minimum absolute atomic E-state index is 0.384. The molecule has 0 aliphatic heterocycles. The average Bonchev–Trinajstić information content (AvgIpc) is 2.92. The van der Waals surface area contributed by atoms with Crippen LogP contribution >= 0.6 is 0 Å². The molecule has 0 aromatic carbocycles. The quantitative estimate of drug-likeness (QED) is 0.875. The van der Waals surface area contributed by atoms with Crippen LogP contribution in [0.15, 0.2) is 0 Å². The molecular weight excluding hydrogens is 228 g/mol. The van der Waals surface area contributed by atoms with Crippen LogP contribution in [0.4, 0.5) is 0 Å². The van der Waals surface area contributed by atoms with Gasteiger partial charge in [-0.2, -0.15) is 15.4 Å². The molecule has 0 saturated heterocycles. The van der Waals surface area contributed by atoms with Gasteiger partial charge < -0.3 is 4.57 Å². The standard InChI is InChI=1S/C12H20N6/c1-5-11-15-14-10(4)18(11)7-6-8(2)12-9(3)13-17-16-12/h8H,5-7H2,1-4H3,(H,13,16,17). The van der Waals surface area contributed by atoms with Gasteiger partial charge in [0.25, 0.3) is 0 Å². The minimum Gasteiger partial charge on any atom is -0.315 e. The molecule has 0 fully saturated rings. The molecule has 0 aliphatic rings. The Labute approximate surface area is 107 Å². The SMILES string of the molecule is CCc1nnc(C)n1CCC(C)c1n[nH]nc1C. The van der Waals surface area contributed by atoms with Crippen LogP contribution in [0.1, 0.15) is 49.2 Å². The van der Waals surface area contributed by atoms with E-state index >= 15 is 0 Å². The van der Waals surface area contributed by atoms with Gasteiger partial charge in [-0.15, -0.1) is 10.2 Å². The zero-order chi connectivity index (χ0) is 13.1. The lowest BCUT2D eigenvalue weighted by Gasteiger charge is -2.12. The summed E-state index contributed by atoms with van der Waals surface area (Å²) in [5.74, 6) is 2.42. The van der Waals surface area contributed by atoms with Crippen molar-refractivity contribution >= 4 is 0 Å². The number of aromatic nitrogens is 6. The van der Waals surface area contributed by atoms with E-state index in [1.165, 1.54) is 0 Å². The van der Waals surface area contributed by atoms with E-state index < -0.39 is 0 Å². The lowest BCUT2D eigenvalue weighted by molar-refractivity contribution is 0.541. The maximum atomic E-state index is 4.20. The van der Waals surface area contributed by atoms with Crippen molar-refractivity contribution in [2.45, 2.75) is 53.0 Å². The predicted octanol–water partition coefficient (Wildman–Crippen LogP) is 1.77. The van der Waals surface area contributed by atoms with Gasteiger partial charge in [0.05, 0.1) is 11.4 Å². The second kappa shape index (κ2) is 5.29. The molecule has 2 aromatic heterocycles. The number of nitrogens with zero attached hydrogens (tertiary/aromatic N) is 5. The van der Waals surface area contributed by atoms with Gasteiger partial charge in [-0.25, -0.2) is 0 Å². The van der Waals surface area contributed by atoms with Crippen LogP contribution < -0.4 is 0 Å². The summed E-state index contributed by atoms with van der Waals surface area (Å²) >= 11 is 0. The van der Waals surface area contributed by atoms with E-state index in [1.54, 1.807) is 0 Å². The highest BCUT2D eigenvalue weighted by atomic mass is 15.3. The first-order chi connectivity index (χ1) is 8.63. The summed E-state index contributed by atoms with van der Waals surface area (Å²) < 4.78 is 2.19. The molecule has 0 spiro atoms. The molecule has 2 aromatic rings. The molecule has 98 valence electrons. The number of nitrogens with one attached hydrogen (secondary N) is 1. The van der Waals surface area contributed by atoms with Gasteiger partial charge >= 0.3 is 0 Å². The first kappa shape index (κ1) is 12.7. The highest BCUT2D eigenvalue weighted by molar-refractivity contribution is 5.11. The van der Waals surface area contributed by atoms with Crippen molar-refractivity contribution in [1.82, 2.24) is 30.2 Å². The fourth-order valence-electron chi connectivity index (χ4n) is 2.20. The summed E-state index contributed by atoms with van der Waals surface area (Å²) in [5, 5.41) is 19.2. The second-order valence-electron chi connectivity index (χ2n) is 4.65. The largest absolute Gasteiger partial charge is 0.315 e. The molecule has 6 nitrogen and oxygen atoms in total. The molecular formula is C12H20N6. The summed E-state index contributed by atoms with van der Waals surface area (Å²) in [4.78, 5) is 0. The number of hydrogen-bond acceptors (Lipinski definition) is 4. The highest BCUT2D eigenvalue weighted by Gasteiger charge is 2.14. The van der Waals surface area contributed by atoms with E-state index in [0.717, 1.165) is 42.4 Å². The Kier molecular flexibility index (Phi) is 3.74. The zero-order valence-corrected chi connectivity index (χ0v) is 11.4. The molecule has 2 heterocycles. The first-order valence-corrected chi connectivity index (χ1v) is 6.39. The summed E-state index contributed by atoms with van der Waals surface area (Å²) in [6, 6.07) is 0. The number of hydrogen-bond donors (Lipinski definition) is 1. The Balaban J connectivity index is 2.03. The molecule has 0 amide bonds. The van der Waals surface area contributed by atoms with Gasteiger partial charge in [0, 0.05) is 18.9 Å². The Morgan fingerprint density at radius 1 is 1.22 bits per heavy atom. The van der Waals surface area contributed by atoms with Gasteiger partial charge in [-0.1, -0.05) is 13.8 Å². The maximum Gasteiger partial charge on any atom is 0.132 e. The molecule has 6 heteroatoms. The third-order valence-electron chi connectivity index (χ3n) is 3.34. The van der Waals surface area contributed by atoms with Crippen LogP contribution in [-0.2, 0) is 13.0 Å². The van der Waals surface area contributed by atoms with Gasteiger partial charge in [-0.3, -0.25) is 0 Å². The molecule has 0 radical (unpaired) electrons. The van der Waals surface area contributed by atoms with Crippen molar-refractivity contribution in [2.75, 3.05) is 0 Å². The lowest BCUT2D eigenvalue weighted by Crippen LogP contribution is -2.08. The number of H-pyrrole nitrogens is 1. The van der Waals surface area contributed by atoms with Crippen LogP contribution in [-0.4, -0.2) is 30.2 Å². The topological polar surface area (TPSA) is 72.3 Å². The van der Waals surface area contributed by atoms with Gasteiger partial charge in [-0.05, 0) is 20.3 Å². The summed E-state index contributed by atoms with van der Waals surface area (Å²) in [6.07, 6.45) is 1.93. The second-order valence-corrected chi connectivity index (χ2v) is 4.65. The van der Waals surface area contributed by atoms with E-state index in [4.69, 9.17) is 0 Å². The van der Waals surface area contributed by atoms with Crippen molar-refractivity contribution in [3.05, 3.63) is 23.0 Å². The third-order valence-corrected chi connectivity index (χ3v) is 3.34. The Bertz CT molecular complexity index is 512. The van der Waals surface area contributed by atoms with Crippen molar-refractivity contribution in [3.8, 4) is 0 Å². The fraction of sp³-hybridized carbons (Fsp3) is 0.667. The van der Waals surface area contributed by atoms with E-state index in [1.807, 2.05) is 13.8 Å². The van der Waals surface area contributed by atoms with E-state index in [2.05, 4.69) is 44.0 Å². The zero-order valence-electron chi connectivity index (χ0n) is 11.4. The molecule has 1 N–H and O–H groups in total. The lowest BCUT2D eigenvalue weighted by atomic mass is 10.0. The van der Waals surface area contributed by atoms with Crippen LogP contribution in [0.25, 0.3) is 0 Å². The normalized spacial score (nSPS) is 12.9. The van der Waals surface area contributed by atoms with E-state index in [-0.39, 0.29) is 0 Å². The smallest absolute Gasteiger partial charge is 0.132 e. The third kappa shape index (κ3) is 2.42. The Morgan fingerprint density at radius 2 is 2.00 bits per heavy atom. The minimum atomic E-state index is 0.384. The summed E-state index contributed by atoms with van der Waals surface area (Å²) in [5.41, 5.74) is 2.04. The predicted molar refractivity (Wildman–Crippen MR) is 68.3 cm³/mol. The molecule has 0 saturated carbocycles. The first-order valence-electron chi connectivity index (χ1n) is 6.39. The van der Waals surface area contributed by atoms with Crippen LogP contribution in [0.2, 0.25) is 0 Å². The van der Waals surface area contributed by atoms with Gasteiger partial charge in [0.15, 0.2) is 0 Å². The van der Waals surface area contributed by atoms with Gasteiger partial charge in [0.1, 0.15) is 11.6 Å². The van der Waals surface area contributed by atoms with Crippen molar-refractivity contribution in [1.29, 1.82) is 0 Å². The Morgan fingerprint density at radius 3 is 2.61 bits per heavy atom. The fourth-order valence-corrected chi connectivity index (χ4v) is 2.20. The van der Waals surface area contributed by atoms with Crippen molar-refractivity contribution < 1.29 is 0 Å². The molecule has 0 bridgehead atoms. The van der Waals surface area contributed by atoms with Crippen molar-refractivity contribution in [3.63, 3.8) is 0 Å². The number of aryl methyl sites for hydroxylation is 3. The summed E-state index contributed by atoms with van der Waals surface area (Å²) in [6.45, 7) is 9.19. The molecule has 1 atom stereocenters. The molecule has 18 heavy (non-hydrogen) atoms. The number of aromatic amines is 1. The van der Waals surface area contributed by atoms with E-state index in [0.29, 0.717) is 5.92 Å². The molecule has 2 rings (SSSR count). The van der Waals surface area contributed by atoms with Crippen LogP contribution in [0.5, 0.6) is 0 Å². The highest BCUT2D eigenvalue weighted by Crippen LogP contribution is 2.20. The van der Waals surface area contributed by atoms with Gasteiger partial charge in [0.2, 0.25) is 0 Å². The molecule has 0 aliphatic carbocycles. The number of rotatable bonds is 5. The van der Waals surface area contributed by atoms with Crippen LogP contribution in [0, 0.1) is 13.8 Å². The van der Waals surface area contributed by atoms with E-state index in [9.17, 15) is 0 Å². The van der Waals surface area contributed by atoms with Crippen molar-refractivity contribution in [2.24, 2.45) is 0 Å².